The van der Waals surface area contributed by atoms with Crippen LogP contribution >= 0.6 is 24.0 Å². The number of thiol groups is 1. The molecule has 0 radical (unpaired) electrons. The van der Waals surface area contributed by atoms with Gasteiger partial charge >= 0.3 is 0 Å². The third kappa shape index (κ3) is 2.99. The molecule has 1 aromatic rings. The van der Waals surface area contributed by atoms with E-state index in [4.69, 9.17) is 4.74 Å². The fourth-order valence-electron chi connectivity index (χ4n) is 1.94. The second-order valence-electron chi connectivity index (χ2n) is 4.39. The van der Waals surface area contributed by atoms with E-state index in [-0.39, 0.29) is 0 Å². The van der Waals surface area contributed by atoms with Gasteiger partial charge in [-0.2, -0.15) is 12.6 Å². The lowest BCUT2D eigenvalue weighted by molar-refractivity contribution is 0.0118. The molecule has 2 rings (SSSR count). The molecule has 0 saturated heterocycles. The average molecular weight is 242 g/mol. The average Bonchev–Trinajstić information content (AvgIpc) is 2.68. The van der Waals surface area contributed by atoms with Crippen molar-refractivity contribution >= 4 is 24.0 Å². The Bertz CT molecular complexity index is 272. The first-order chi connectivity index (χ1) is 7.35. The molecule has 1 heterocycles. The molecule has 3 heteroatoms. The second kappa shape index (κ2) is 5.37. The van der Waals surface area contributed by atoms with Gasteiger partial charge in [0.25, 0.3) is 0 Å². The van der Waals surface area contributed by atoms with Gasteiger partial charge < -0.3 is 4.74 Å². The van der Waals surface area contributed by atoms with Crippen LogP contribution in [0.3, 0.4) is 0 Å². The maximum Gasteiger partial charge on any atom is 0.0530 e. The summed E-state index contributed by atoms with van der Waals surface area (Å²) in [5.41, 5.74) is 0.415. The standard InChI is InChI=1S/C12H18OS2/c14-10-12(5-2-6-12)9-13-7-4-11-3-1-8-15-11/h1,3,8,14H,2,4-7,9-10H2. The van der Waals surface area contributed by atoms with E-state index < -0.39 is 0 Å². The largest absolute Gasteiger partial charge is 0.380 e. The van der Waals surface area contributed by atoms with E-state index in [0.29, 0.717) is 5.41 Å². The van der Waals surface area contributed by atoms with Gasteiger partial charge in [-0.15, -0.1) is 11.3 Å². The van der Waals surface area contributed by atoms with Crippen LogP contribution < -0.4 is 0 Å². The van der Waals surface area contributed by atoms with Gasteiger partial charge in [0.1, 0.15) is 0 Å². The summed E-state index contributed by atoms with van der Waals surface area (Å²) in [6, 6.07) is 4.27. The Kier molecular flexibility index (Phi) is 4.12. The van der Waals surface area contributed by atoms with E-state index in [2.05, 4.69) is 30.1 Å². The van der Waals surface area contributed by atoms with Gasteiger partial charge in [0, 0.05) is 16.7 Å². The van der Waals surface area contributed by atoms with E-state index in [9.17, 15) is 0 Å². The first kappa shape index (κ1) is 11.5. The highest BCUT2D eigenvalue weighted by Gasteiger charge is 2.35. The fourth-order valence-corrected chi connectivity index (χ4v) is 3.04. The predicted octanol–water partition coefficient (Wildman–Crippen LogP) is 3.41. The van der Waals surface area contributed by atoms with E-state index in [1.165, 1.54) is 24.1 Å². The Morgan fingerprint density at radius 2 is 2.33 bits per heavy atom. The summed E-state index contributed by atoms with van der Waals surface area (Å²) in [7, 11) is 0. The highest BCUT2D eigenvalue weighted by molar-refractivity contribution is 7.80. The van der Waals surface area contributed by atoms with Crippen molar-refractivity contribution in [3.63, 3.8) is 0 Å². The summed E-state index contributed by atoms with van der Waals surface area (Å²) in [6.45, 7) is 1.76. The Morgan fingerprint density at radius 1 is 1.47 bits per heavy atom. The van der Waals surface area contributed by atoms with Crippen LogP contribution in [0.25, 0.3) is 0 Å². The van der Waals surface area contributed by atoms with Gasteiger partial charge in [-0.25, -0.2) is 0 Å². The first-order valence-electron chi connectivity index (χ1n) is 5.56. The van der Waals surface area contributed by atoms with Crippen LogP contribution in [-0.4, -0.2) is 19.0 Å². The minimum absolute atomic E-state index is 0.415. The van der Waals surface area contributed by atoms with Crippen LogP contribution in [0.2, 0.25) is 0 Å². The Morgan fingerprint density at radius 3 is 2.87 bits per heavy atom. The lowest BCUT2D eigenvalue weighted by Gasteiger charge is -2.40. The lowest BCUT2D eigenvalue weighted by Crippen LogP contribution is -2.36. The number of hydrogen-bond acceptors (Lipinski definition) is 3. The monoisotopic (exact) mass is 242 g/mol. The van der Waals surface area contributed by atoms with E-state index in [1.54, 1.807) is 0 Å². The zero-order valence-electron chi connectivity index (χ0n) is 8.95. The third-order valence-electron chi connectivity index (χ3n) is 3.23. The highest BCUT2D eigenvalue weighted by atomic mass is 32.1. The maximum atomic E-state index is 5.76. The van der Waals surface area contributed by atoms with E-state index >= 15 is 0 Å². The van der Waals surface area contributed by atoms with Crippen molar-refractivity contribution in [3.8, 4) is 0 Å². The SMILES string of the molecule is SCC1(COCCc2cccs2)CCC1. The molecule has 0 spiro atoms. The molecule has 1 aromatic heterocycles. The van der Waals surface area contributed by atoms with Gasteiger partial charge in [-0.3, -0.25) is 0 Å². The van der Waals surface area contributed by atoms with Crippen molar-refractivity contribution in [2.24, 2.45) is 5.41 Å². The van der Waals surface area contributed by atoms with Crippen LogP contribution in [-0.2, 0) is 11.2 Å². The summed E-state index contributed by atoms with van der Waals surface area (Å²) >= 11 is 6.23. The van der Waals surface area contributed by atoms with Crippen molar-refractivity contribution in [1.82, 2.24) is 0 Å². The van der Waals surface area contributed by atoms with Gasteiger partial charge in [-0.1, -0.05) is 12.5 Å². The Balaban J connectivity index is 1.62. The molecule has 1 saturated carbocycles. The van der Waals surface area contributed by atoms with Crippen molar-refractivity contribution in [1.29, 1.82) is 0 Å². The van der Waals surface area contributed by atoms with Gasteiger partial charge in [-0.05, 0) is 30.0 Å². The molecule has 0 N–H and O–H groups in total. The van der Waals surface area contributed by atoms with Gasteiger partial charge in [0.15, 0.2) is 0 Å². The molecule has 0 atom stereocenters. The van der Waals surface area contributed by atoms with Crippen molar-refractivity contribution in [2.45, 2.75) is 25.7 Å². The van der Waals surface area contributed by atoms with Crippen molar-refractivity contribution < 1.29 is 4.74 Å². The number of rotatable bonds is 6. The minimum atomic E-state index is 0.415. The summed E-state index contributed by atoms with van der Waals surface area (Å²) in [5.74, 6) is 0.978. The van der Waals surface area contributed by atoms with Crippen LogP contribution in [0, 0.1) is 5.41 Å². The van der Waals surface area contributed by atoms with Crippen LogP contribution in [0.15, 0.2) is 17.5 Å². The molecular weight excluding hydrogens is 224 g/mol. The second-order valence-corrected chi connectivity index (χ2v) is 5.74. The lowest BCUT2D eigenvalue weighted by atomic mass is 9.71. The zero-order chi connectivity index (χ0) is 10.6. The summed E-state index contributed by atoms with van der Waals surface area (Å²) in [6.07, 6.45) is 5.01. The predicted molar refractivity (Wildman–Crippen MR) is 69.0 cm³/mol. The summed E-state index contributed by atoms with van der Waals surface area (Å²) < 4.78 is 5.76. The molecule has 0 unspecified atom stereocenters. The molecule has 0 bridgehead atoms. The molecule has 15 heavy (non-hydrogen) atoms. The first-order valence-corrected chi connectivity index (χ1v) is 7.07. The quantitative estimate of drug-likeness (QED) is 0.594. The van der Waals surface area contributed by atoms with Crippen molar-refractivity contribution in [3.05, 3.63) is 22.4 Å². The molecule has 1 aliphatic carbocycles. The molecule has 0 aromatic carbocycles. The molecule has 84 valence electrons. The van der Waals surface area contributed by atoms with Crippen LogP contribution in [0.5, 0.6) is 0 Å². The fraction of sp³-hybridized carbons (Fsp3) is 0.667. The third-order valence-corrected chi connectivity index (χ3v) is 4.84. The Hall–Kier alpha value is 0.01000. The summed E-state index contributed by atoms with van der Waals surface area (Å²) in [5, 5.41) is 2.12. The number of hydrogen-bond donors (Lipinski definition) is 1. The summed E-state index contributed by atoms with van der Waals surface area (Å²) in [4.78, 5) is 1.42. The Labute approximate surface area is 101 Å². The molecule has 0 aliphatic heterocycles. The molecule has 0 amide bonds. The highest BCUT2D eigenvalue weighted by Crippen LogP contribution is 2.41. The maximum absolute atomic E-state index is 5.76. The van der Waals surface area contributed by atoms with E-state index in [0.717, 1.165) is 25.4 Å². The van der Waals surface area contributed by atoms with Gasteiger partial charge in [0.05, 0.1) is 13.2 Å². The molecule has 1 aliphatic rings. The van der Waals surface area contributed by atoms with Crippen LogP contribution in [0.4, 0.5) is 0 Å². The zero-order valence-corrected chi connectivity index (χ0v) is 10.7. The normalized spacial score (nSPS) is 18.7. The number of thiophene rings is 1. The number of ether oxygens (including phenoxy) is 1. The van der Waals surface area contributed by atoms with E-state index in [1.807, 2.05) is 11.3 Å². The topological polar surface area (TPSA) is 9.23 Å². The minimum Gasteiger partial charge on any atom is -0.380 e. The van der Waals surface area contributed by atoms with Crippen LogP contribution in [0.1, 0.15) is 24.1 Å². The smallest absolute Gasteiger partial charge is 0.0530 e. The molecule has 1 nitrogen and oxygen atoms in total. The van der Waals surface area contributed by atoms with Crippen molar-refractivity contribution in [2.75, 3.05) is 19.0 Å². The molecule has 1 fully saturated rings. The molecular formula is C12H18OS2. The van der Waals surface area contributed by atoms with Gasteiger partial charge in [0.2, 0.25) is 0 Å².